The number of aryl methyl sites for hydroxylation is 1. The van der Waals surface area contributed by atoms with Crippen LogP contribution in [0.25, 0.3) is 16.7 Å². The highest BCUT2D eigenvalue weighted by Gasteiger charge is 2.26. The van der Waals surface area contributed by atoms with Crippen molar-refractivity contribution in [1.82, 2.24) is 19.8 Å². The van der Waals surface area contributed by atoms with Crippen LogP contribution >= 0.6 is 15.9 Å². The molecule has 0 bridgehead atoms. The van der Waals surface area contributed by atoms with Crippen molar-refractivity contribution in [3.63, 3.8) is 0 Å². The third kappa shape index (κ3) is 5.65. The van der Waals surface area contributed by atoms with Crippen LogP contribution < -0.4 is 5.32 Å². The monoisotopic (exact) mass is 530 g/mol. The van der Waals surface area contributed by atoms with Gasteiger partial charge < -0.3 is 5.32 Å². The first-order valence-corrected chi connectivity index (χ1v) is 13.1. The Hall–Kier alpha value is -2.96. The average Bonchev–Trinajstić information content (AvgIpc) is 3.23. The summed E-state index contributed by atoms with van der Waals surface area (Å²) in [6.07, 6.45) is 2.64. The number of nitrogens with one attached hydrogen (secondary N) is 1. The van der Waals surface area contributed by atoms with Gasteiger partial charge in [0, 0.05) is 22.6 Å². The van der Waals surface area contributed by atoms with Gasteiger partial charge in [-0.3, -0.25) is 14.3 Å². The van der Waals surface area contributed by atoms with Crippen LogP contribution in [0.5, 0.6) is 0 Å². The summed E-state index contributed by atoms with van der Waals surface area (Å²) in [6, 6.07) is 25.2. The van der Waals surface area contributed by atoms with Crippen LogP contribution in [0.1, 0.15) is 29.8 Å². The molecule has 2 heterocycles. The van der Waals surface area contributed by atoms with Crippen LogP contribution in [0, 0.1) is 12.8 Å². The van der Waals surface area contributed by atoms with E-state index in [9.17, 15) is 4.79 Å². The summed E-state index contributed by atoms with van der Waals surface area (Å²) in [5, 5.41) is 3.16. The lowest BCUT2D eigenvalue weighted by Gasteiger charge is -2.31. The van der Waals surface area contributed by atoms with Crippen molar-refractivity contribution in [2.45, 2.75) is 32.7 Å². The Bertz CT molecular complexity index is 1310. The number of fused-ring (bicyclic) bond motifs is 1. The summed E-state index contributed by atoms with van der Waals surface area (Å²) in [6.45, 7) is 5.37. The second-order valence-electron chi connectivity index (χ2n) is 9.41. The number of rotatable bonds is 7. The zero-order valence-electron chi connectivity index (χ0n) is 20.1. The number of benzene rings is 3. The maximum absolute atomic E-state index is 12.8. The van der Waals surface area contributed by atoms with E-state index in [0.29, 0.717) is 6.54 Å². The lowest BCUT2D eigenvalue weighted by Crippen LogP contribution is -2.41. The fraction of sp³-hybridized carbons (Fsp3) is 0.310. The zero-order chi connectivity index (χ0) is 24.2. The van der Waals surface area contributed by atoms with Crippen LogP contribution in [-0.2, 0) is 17.8 Å². The number of carbonyl (C=O) groups is 1. The maximum atomic E-state index is 12.8. The van der Waals surface area contributed by atoms with Gasteiger partial charge in [0.15, 0.2) is 0 Å². The predicted molar refractivity (Wildman–Crippen MR) is 145 cm³/mol. The number of imidazole rings is 1. The van der Waals surface area contributed by atoms with Crippen molar-refractivity contribution in [2.75, 3.05) is 19.6 Å². The molecule has 3 aromatic carbocycles. The number of halogens is 1. The molecule has 1 aliphatic heterocycles. The van der Waals surface area contributed by atoms with E-state index in [1.54, 1.807) is 0 Å². The highest BCUT2D eigenvalue weighted by molar-refractivity contribution is 9.10. The standard InChI is InChI=1S/C29H31BrN4O/c1-21-5-4-6-22(19-21)13-16-31-29(35)23-14-17-33(18-15-23)20-28-32-26-7-2-3-8-27(26)34(28)25-11-9-24(30)10-12-25/h2-12,19,23H,13-18,20H2,1H3,(H,31,35). The zero-order valence-corrected chi connectivity index (χ0v) is 21.7. The number of piperidine rings is 1. The third-order valence-corrected chi connectivity index (χ3v) is 7.36. The normalized spacial score (nSPS) is 14.9. The van der Waals surface area contributed by atoms with Crippen molar-refractivity contribution in [3.05, 3.63) is 94.2 Å². The molecule has 0 radical (unpaired) electrons. The minimum Gasteiger partial charge on any atom is -0.356 e. The SMILES string of the molecule is Cc1cccc(CCNC(=O)C2CCN(Cc3nc4ccccc4n3-c3ccc(Br)cc3)CC2)c1. The molecule has 180 valence electrons. The summed E-state index contributed by atoms with van der Waals surface area (Å²) < 4.78 is 3.32. The molecule has 5 nitrogen and oxygen atoms in total. The van der Waals surface area contributed by atoms with Crippen LogP contribution in [0.4, 0.5) is 0 Å². The van der Waals surface area contributed by atoms with Crippen molar-refractivity contribution in [3.8, 4) is 5.69 Å². The molecule has 0 spiro atoms. The van der Waals surface area contributed by atoms with E-state index in [1.807, 2.05) is 6.07 Å². The molecule has 1 amide bonds. The Morgan fingerprint density at radius 3 is 2.57 bits per heavy atom. The molecule has 0 atom stereocenters. The minimum atomic E-state index is 0.0917. The number of amides is 1. The number of hydrogen-bond donors (Lipinski definition) is 1. The van der Waals surface area contributed by atoms with Gasteiger partial charge >= 0.3 is 0 Å². The van der Waals surface area contributed by atoms with E-state index in [0.717, 1.165) is 65.9 Å². The van der Waals surface area contributed by atoms with Gasteiger partial charge in [-0.15, -0.1) is 0 Å². The van der Waals surface area contributed by atoms with Gasteiger partial charge in [0.1, 0.15) is 5.82 Å². The molecule has 1 aliphatic rings. The lowest BCUT2D eigenvalue weighted by atomic mass is 9.96. The highest BCUT2D eigenvalue weighted by atomic mass is 79.9. The Morgan fingerprint density at radius 1 is 1.03 bits per heavy atom. The van der Waals surface area contributed by atoms with Crippen LogP contribution in [0.2, 0.25) is 0 Å². The quantitative estimate of drug-likeness (QED) is 0.335. The third-order valence-electron chi connectivity index (χ3n) is 6.83. The summed E-state index contributed by atoms with van der Waals surface area (Å²) >= 11 is 3.54. The number of aromatic nitrogens is 2. The number of likely N-dealkylation sites (tertiary alicyclic amines) is 1. The van der Waals surface area contributed by atoms with Crippen LogP contribution in [0.3, 0.4) is 0 Å². The Balaban J connectivity index is 1.20. The molecule has 0 unspecified atom stereocenters. The molecule has 0 saturated carbocycles. The van der Waals surface area contributed by atoms with Gasteiger partial charge in [-0.2, -0.15) is 0 Å². The highest BCUT2D eigenvalue weighted by Crippen LogP contribution is 2.25. The Kier molecular flexibility index (Phi) is 7.30. The molecule has 4 aromatic rings. The fourth-order valence-electron chi connectivity index (χ4n) is 4.96. The van der Waals surface area contributed by atoms with Crippen molar-refractivity contribution < 1.29 is 4.79 Å². The Labute approximate surface area is 215 Å². The predicted octanol–water partition coefficient (Wildman–Crippen LogP) is 5.67. The largest absolute Gasteiger partial charge is 0.356 e. The maximum Gasteiger partial charge on any atom is 0.223 e. The molecule has 35 heavy (non-hydrogen) atoms. The van der Waals surface area contributed by atoms with Crippen molar-refractivity contribution >= 4 is 32.9 Å². The van der Waals surface area contributed by atoms with E-state index >= 15 is 0 Å². The van der Waals surface area contributed by atoms with Crippen molar-refractivity contribution in [2.24, 2.45) is 5.92 Å². The van der Waals surface area contributed by atoms with Gasteiger partial charge in [-0.1, -0.05) is 57.9 Å². The molecule has 1 saturated heterocycles. The van der Waals surface area contributed by atoms with E-state index < -0.39 is 0 Å². The first kappa shape index (κ1) is 23.8. The molecule has 1 N–H and O–H groups in total. The molecular weight excluding hydrogens is 500 g/mol. The van der Waals surface area contributed by atoms with Gasteiger partial charge in [0.25, 0.3) is 0 Å². The van der Waals surface area contributed by atoms with Crippen LogP contribution in [0.15, 0.2) is 77.3 Å². The van der Waals surface area contributed by atoms with E-state index in [4.69, 9.17) is 4.98 Å². The molecule has 1 fully saturated rings. The minimum absolute atomic E-state index is 0.0917. The molecular formula is C29H31BrN4O. The molecule has 1 aromatic heterocycles. The van der Waals surface area contributed by atoms with Crippen LogP contribution in [-0.4, -0.2) is 40.0 Å². The molecule has 6 heteroatoms. The van der Waals surface area contributed by atoms with E-state index in [1.165, 1.54) is 11.1 Å². The number of nitrogens with zero attached hydrogens (tertiary/aromatic N) is 3. The van der Waals surface area contributed by atoms with E-state index in [2.05, 4.69) is 104 Å². The van der Waals surface area contributed by atoms with Crippen molar-refractivity contribution in [1.29, 1.82) is 0 Å². The van der Waals surface area contributed by atoms with Gasteiger partial charge in [0.05, 0.1) is 17.6 Å². The molecule has 5 rings (SSSR count). The Morgan fingerprint density at radius 2 is 1.80 bits per heavy atom. The summed E-state index contributed by atoms with van der Waals surface area (Å²) in [5.74, 6) is 1.32. The summed E-state index contributed by atoms with van der Waals surface area (Å²) in [4.78, 5) is 20.1. The summed E-state index contributed by atoms with van der Waals surface area (Å²) in [5.41, 5.74) is 5.77. The van der Waals surface area contributed by atoms with Gasteiger partial charge in [0.2, 0.25) is 5.91 Å². The first-order valence-electron chi connectivity index (χ1n) is 12.3. The number of carbonyl (C=O) groups excluding carboxylic acids is 1. The summed E-state index contributed by atoms with van der Waals surface area (Å²) in [7, 11) is 0. The second kappa shape index (κ2) is 10.8. The second-order valence-corrected chi connectivity index (χ2v) is 10.3. The average molecular weight is 531 g/mol. The van der Waals surface area contributed by atoms with Gasteiger partial charge in [-0.25, -0.2) is 4.98 Å². The smallest absolute Gasteiger partial charge is 0.223 e. The topological polar surface area (TPSA) is 50.2 Å². The van der Waals surface area contributed by atoms with Gasteiger partial charge in [-0.05, 0) is 81.2 Å². The first-order chi connectivity index (χ1) is 17.1. The fourth-order valence-corrected chi connectivity index (χ4v) is 5.22. The van der Waals surface area contributed by atoms with E-state index in [-0.39, 0.29) is 11.8 Å². The number of hydrogen-bond acceptors (Lipinski definition) is 3. The number of para-hydroxylation sites is 2. The lowest BCUT2D eigenvalue weighted by molar-refractivity contribution is -0.126. The molecule has 0 aliphatic carbocycles.